The van der Waals surface area contributed by atoms with E-state index in [0.717, 1.165) is 36.8 Å². The molecular weight excluding hydrogens is 408 g/mol. The van der Waals surface area contributed by atoms with E-state index in [-0.39, 0.29) is 9.79 Å². The number of methoxy groups -OCH3 is 1. The lowest BCUT2D eigenvalue weighted by Gasteiger charge is -2.34. The number of benzene rings is 2. The average Bonchev–Trinajstić information content (AvgIpc) is 2.73. The van der Waals surface area contributed by atoms with Crippen LogP contribution in [-0.2, 0) is 9.84 Å². The molecule has 0 atom stereocenters. The van der Waals surface area contributed by atoms with Gasteiger partial charge in [-0.1, -0.05) is 18.5 Å². The smallest absolute Gasteiger partial charge is 0.210 e. The summed E-state index contributed by atoms with van der Waals surface area (Å²) in [6.45, 7) is 3.84. The molecule has 0 bridgehead atoms. The Morgan fingerprint density at radius 2 is 1.79 bits per heavy atom. The molecule has 2 aromatic carbocycles. The lowest BCUT2D eigenvalue weighted by molar-refractivity contribution is 0.414. The molecule has 4 rings (SSSR count). The zero-order valence-electron chi connectivity index (χ0n) is 16.4. The summed E-state index contributed by atoms with van der Waals surface area (Å²) in [5.41, 5.74) is 1.43. The van der Waals surface area contributed by atoms with Crippen molar-refractivity contribution < 1.29 is 13.2 Å². The van der Waals surface area contributed by atoms with Gasteiger partial charge in [0.2, 0.25) is 9.84 Å². The highest BCUT2D eigenvalue weighted by molar-refractivity contribution is 7.91. The van der Waals surface area contributed by atoms with Crippen LogP contribution in [0.1, 0.15) is 19.8 Å². The Bertz CT molecular complexity index is 1140. The number of aromatic nitrogens is 1. The summed E-state index contributed by atoms with van der Waals surface area (Å²) in [6.07, 6.45) is 3.52. The van der Waals surface area contributed by atoms with Crippen molar-refractivity contribution in [3.05, 3.63) is 53.7 Å². The second kappa shape index (κ2) is 7.84. The number of rotatable bonds is 4. The SMILES string of the molecule is COc1ccc(S(=O)(=O)c2cnc3ccc(Cl)cc3c2N2CCC(C)CC2)cc1. The van der Waals surface area contributed by atoms with E-state index in [1.165, 1.54) is 6.20 Å². The molecule has 0 N–H and O–H groups in total. The van der Waals surface area contributed by atoms with Gasteiger partial charge in [-0.05, 0) is 61.2 Å². The van der Waals surface area contributed by atoms with E-state index >= 15 is 0 Å². The molecule has 1 fully saturated rings. The van der Waals surface area contributed by atoms with Gasteiger partial charge in [-0.25, -0.2) is 8.42 Å². The van der Waals surface area contributed by atoms with Gasteiger partial charge in [-0.2, -0.15) is 0 Å². The Kier molecular flexibility index (Phi) is 5.40. The number of hydrogen-bond donors (Lipinski definition) is 0. The predicted octanol–water partition coefficient (Wildman–Crippen LogP) is 4.97. The average molecular weight is 431 g/mol. The first kappa shape index (κ1) is 20.0. The third kappa shape index (κ3) is 3.79. The Hall–Kier alpha value is -2.31. The number of piperidine rings is 1. The Balaban J connectivity index is 1.92. The van der Waals surface area contributed by atoms with Gasteiger partial charge >= 0.3 is 0 Å². The normalized spacial score (nSPS) is 15.6. The first-order valence-corrected chi connectivity index (χ1v) is 11.5. The van der Waals surface area contributed by atoms with E-state index in [2.05, 4.69) is 16.8 Å². The lowest BCUT2D eigenvalue weighted by atomic mass is 9.98. The number of halogens is 1. The third-order valence-electron chi connectivity index (χ3n) is 5.53. The van der Waals surface area contributed by atoms with Gasteiger partial charge in [-0.3, -0.25) is 4.98 Å². The number of pyridine rings is 1. The second-order valence-corrected chi connectivity index (χ2v) is 9.84. The van der Waals surface area contributed by atoms with Crippen molar-refractivity contribution in [2.75, 3.05) is 25.1 Å². The maximum atomic E-state index is 13.5. The minimum absolute atomic E-state index is 0.215. The van der Waals surface area contributed by atoms with Crippen molar-refractivity contribution in [3.63, 3.8) is 0 Å². The van der Waals surface area contributed by atoms with Crippen LogP contribution in [0.5, 0.6) is 5.75 Å². The van der Waals surface area contributed by atoms with Crippen LogP contribution >= 0.6 is 11.6 Å². The van der Waals surface area contributed by atoms with Crippen LogP contribution in [0.3, 0.4) is 0 Å². The van der Waals surface area contributed by atoms with Crippen LogP contribution in [0.15, 0.2) is 58.5 Å². The van der Waals surface area contributed by atoms with Crippen LogP contribution in [0.2, 0.25) is 5.02 Å². The molecule has 0 unspecified atom stereocenters. The van der Waals surface area contributed by atoms with Crippen LogP contribution in [0.4, 0.5) is 5.69 Å². The fraction of sp³-hybridized carbons (Fsp3) is 0.318. The van der Waals surface area contributed by atoms with Crippen molar-refractivity contribution in [2.24, 2.45) is 5.92 Å². The molecule has 1 aliphatic heterocycles. The molecule has 7 heteroatoms. The molecular formula is C22H23ClN2O3S. The molecule has 0 spiro atoms. The molecule has 1 saturated heterocycles. The minimum Gasteiger partial charge on any atom is -0.497 e. The van der Waals surface area contributed by atoms with Crippen molar-refractivity contribution in [2.45, 2.75) is 29.6 Å². The van der Waals surface area contributed by atoms with Gasteiger partial charge in [0.25, 0.3) is 0 Å². The molecule has 29 heavy (non-hydrogen) atoms. The van der Waals surface area contributed by atoms with E-state index in [4.69, 9.17) is 16.3 Å². The second-order valence-electron chi connectivity index (χ2n) is 7.48. The summed E-state index contributed by atoms with van der Waals surface area (Å²) in [7, 11) is -2.21. The van der Waals surface area contributed by atoms with Gasteiger partial charge in [-0.15, -0.1) is 0 Å². The number of sulfone groups is 1. The van der Waals surface area contributed by atoms with Crippen LogP contribution in [-0.4, -0.2) is 33.6 Å². The fourth-order valence-electron chi connectivity index (χ4n) is 3.77. The highest BCUT2D eigenvalue weighted by atomic mass is 35.5. The van der Waals surface area contributed by atoms with E-state index in [9.17, 15) is 8.42 Å². The van der Waals surface area contributed by atoms with E-state index in [0.29, 0.717) is 22.4 Å². The third-order valence-corrected chi connectivity index (χ3v) is 7.53. The molecule has 0 radical (unpaired) electrons. The van der Waals surface area contributed by atoms with Gasteiger partial charge in [0.15, 0.2) is 0 Å². The Labute approximate surface area is 176 Å². The van der Waals surface area contributed by atoms with Gasteiger partial charge in [0, 0.05) is 29.7 Å². The number of ether oxygens (including phenoxy) is 1. The van der Waals surface area contributed by atoms with Crippen LogP contribution in [0, 0.1) is 5.92 Å². The van der Waals surface area contributed by atoms with Gasteiger partial charge < -0.3 is 9.64 Å². The van der Waals surface area contributed by atoms with Gasteiger partial charge in [0.05, 0.1) is 23.2 Å². The molecule has 152 valence electrons. The highest BCUT2D eigenvalue weighted by Crippen LogP contribution is 2.38. The highest BCUT2D eigenvalue weighted by Gasteiger charge is 2.28. The summed E-state index contributed by atoms with van der Waals surface area (Å²) < 4.78 is 32.3. The number of hydrogen-bond acceptors (Lipinski definition) is 5. The molecule has 1 aromatic heterocycles. The van der Waals surface area contributed by atoms with Crippen molar-refractivity contribution in [1.29, 1.82) is 0 Å². The van der Waals surface area contributed by atoms with E-state index in [1.54, 1.807) is 37.4 Å². The number of fused-ring (bicyclic) bond motifs is 1. The molecule has 1 aliphatic rings. The molecule has 3 aromatic rings. The molecule has 5 nitrogen and oxygen atoms in total. The molecule has 2 heterocycles. The summed E-state index contributed by atoms with van der Waals surface area (Å²) in [6, 6.07) is 11.9. The minimum atomic E-state index is -3.76. The zero-order chi connectivity index (χ0) is 20.6. The zero-order valence-corrected chi connectivity index (χ0v) is 18.0. The molecule has 0 aliphatic carbocycles. The summed E-state index contributed by atoms with van der Waals surface area (Å²) in [5, 5.41) is 1.33. The fourth-order valence-corrected chi connectivity index (χ4v) is 5.37. The monoisotopic (exact) mass is 430 g/mol. The maximum absolute atomic E-state index is 13.5. The summed E-state index contributed by atoms with van der Waals surface area (Å²) in [5.74, 6) is 1.24. The Morgan fingerprint density at radius 1 is 1.10 bits per heavy atom. The summed E-state index contributed by atoms with van der Waals surface area (Å²) in [4.78, 5) is 7.02. The predicted molar refractivity (Wildman–Crippen MR) is 116 cm³/mol. The van der Waals surface area contributed by atoms with Crippen LogP contribution < -0.4 is 9.64 Å². The van der Waals surface area contributed by atoms with Crippen molar-refractivity contribution in [1.82, 2.24) is 4.98 Å². The standard InChI is InChI=1S/C22H23ClN2O3S/c1-15-9-11-25(12-10-15)22-19-13-16(23)3-8-20(19)24-14-21(22)29(26,27)18-6-4-17(28-2)5-7-18/h3-8,13-15H,9-12H2,1-2H3. The van der Waals surface area contributed by atoms with Crippen LogP contribution in [0.25, 0.3) is 10.9 Å². The molecule has 0 amide bonds. The van der Waals surface area contributed by atoms with E-state index < -0.39 is 9.84 Å². The first-order valence-electron chi connectivity index (χ1n) is 9.62. The first-order chi connectivity index (χ1) is 13.9. The largest absolute Gasteiger partial charge is 0.497 e. The van der Waals surface area contributed by atoms with Crippen molar-refractivity contribution >= 4 is 38.0 Å². The Morgan fingerprint density at radius 3 is 2.45 bits per heavy atom. The summed E-state index contributed by atoms with van der Waals surface area (Å²) >= 11 is 6.26. The van der Waals surface area contributed by atoms with Gasteiger partial charge in [0.1, 0.15) is 10.6 Å². The van der Waals surface area contributed by atoms with Crippen molar-refractivity contribution in [3.8, 4) is 5.75 Å². The molecule has 0 saturated carbocycles. The topological polar surface area (TPSA) is 59.5 Å². The number of anilines is 1. The quantitative estimate of drug-likeness (QED) is 0.585. The lowest BCUT2D eigenvalue weighted by Crippen LogP contribution is -2.34. The number of nitrogens with zero attached hydrogens (tertiary/aromatic N) is 2. The van der Waals surface area contributed by atoms with E-state index in [1.807, 2.05) is 12.1 Å². The maximum Gasteiger partial charge on any atom is 0.210 e.